The molecule has 0 aromatic heterocycles. The van der Waals surface area contributed by atoms with Crippen molar-refractivity contribution in [2.75, 3.05) is 33.3 Å². The number of rotatable bonds is 6. The minimum atomic E-state index is -2.83. The summed E-state index contributed by atoms with van der Waals surface area (Å²) >= 11 is 1.38. The van der Waals surface area contributed by atoms with E-state index in [0.717, 1.165) is 32.4 Å². The zero-order valence-electron chi connectivity index (χ0n) is 14.9. The SMILES string of the molecule is CN=C(OCC(C)(F)F)SC1=CCN(CCC2CCCCC2)CC1. The van der Waals surface area contributed by atoms with Gasteiger partial charge in [-0.2, -0.15) is 0 Å². The van der Waals surface area contributed by atoms with Crippen molar-refractivity contribution in [3.63, 3.8) is 0 Å². The third-order valence-electron chi connectivity index (χ3n) is 4.68. The van der Waals surface area contributed by atoms with Gasteiger partial charge in [0.2, 0.25) is 5.23 Å². The predicted octanol–water partition coefficient (Wildman–Crippen LogP) is 4.94. The molecule has 24 heavy (non-hydrogen) atoms. The molecule has 3 nitrogen and oxygen atoms in total. The molecule has 0 aromatic rings. The highest BCUT2D eigenvalue weighted by Crippen LogP contribution is 2.29. The van der Waals surface area contributed by atoms with E-state index in [1.54, 1.807) is 7.05 Å². The minimum absolute atomic E-state index is 0.332. The third-order valence-corrected chi connectivity index (χ3v) is 5.79. The molecule has 1 fully saturated rings. The van der Waals surface area contributed by atoms with Crippen molar-refractivity contribution in [1.29, 1.82) is 0 Å². The van der Waals surface area contributed by atoms with Crippen LogP contribution >= 0.6 is 11.8 Å². The maximum Gasteiger partial charge on any atom is 0.278 e. The van der Waals surface area contributed by atoms with Gasteiger partial charge in [-0.25, -0.2) is 13.8 Å². The van der Waals surface area contributed by atoms with Gasteiger partial charge in [0, 0.05) is 27.1 Å². The molecule has 0 N–H and O–H groups in total. The second-order valence-electron chi connectivity index (χ2n) is 6.96. The Morgan fingerprint density at radius 3 is 2.71 bits per heavy atom. The van der Waals surface area contributed by atoms with Gasteiger partial charge in [-0.1, -0.05) is 38.2 Å². The molecule has 1 heterocycles. The fourth-order valence-electron chi connectivity index (χ4n) is 3.27. The second kappa shape index (κ2) is 9.76. The lowest BCUT2D eigenvalue weighted by molar-refractivity contribution is -0.0257. The summed E-state index contributed by atoms with van der Waals surface area (Å²) in [6.07, 6.45) is 11.5. The van der Waals surface area contributed by atoms with E-state index in [-0.39, 0.29) is 0 Å². The molecule has 0 spiro atoms. The van der Waals surface area contributed by atoms with Crippen LogP contribution in [-0.2, 0) is 4.74 Å². The van der Waals surface area contributed by atoms with Crippen LogP contribution in [0.5, 0.6) is 0 Å². The first kappa shape index (κ1) is 19.7. The molecule has 0 atom stereocenters. The highest BCUT2D eigenvalue weighted by molar-refractivity contribution is 8.16. The molecule has 0 unspecified atom stereocenters. The van der Waals surface area contributed by atoms with E-state index in [1.807, 2.05) is 0 Å². The van der Waals surface area contributed by atoms with Gasteiger partial charge in [-0.3, -0.25) is 4.90 Å². The van der Waals surface area contributed by atoms with Crippen LogP contribution in [0.25, 0.3) is 0 Å². The first-order valence-electron chi connectivity index (χ1n) is 9.03. The Bertz CT molecular complexity index is 443. The Hall–Kier alpha value is -0.620. The fraction of sp³-hybridized carbons (Fsp3) is 0.833. The molecule has 2 rings (SSSR count). The Kier molecular flexibility index (Phi) is 8.01. The van der Waals surface area contributed by atoms with E-state index in [0.29, 0.717) is 5.23 Å². The Morgan fingerprint density at radius 2 is 2.12 bits per heavy atom. The van der Waals surface area contributed by atoms with Gasteiger partial charge in [-0.05, 0) is 42.0 Å². The molecular weight excluding hydrogens is 330 g/mol. The van der Waals surface area contributed by atoms with Gasteiger partial charge in [0.05, 0.1) is 0 Å². The molecule has 0 amide bonds. The topological polar surface area (TPSA) is 24.8 Å². The summed E-state index contributed by atoms with van der Waals surface area (Å²) < 4.78 is 30.9. The lowest BCUT2D eigenvalue weighted by Crippen LogP contribution is -2.31. The van der Waals surface area contributed by atoms with E-state index >= 15 is 0 Å². The number of ether oxygens (including phenoxy) is 1. The van der Waals surface area contributed by atoms with E-state index in [1.165, 1.54) is 61.7 Å². The van der Waals surface area contributed by atoms with Crippen LogP contribution in [0.15, 0.2) is 16.0 Å². The Labute approximate surface area is 148 Å². The van der Waals surface area contributed by atoms with Crippen LogP contribution in [0, 0.1) is 5.92 Å². The van der Waals surface area contributed by atoms with Crippen molar-refractivity contribution in [1.82, 2.24) is 4.90 Å². The van der Waals surface area contributed by atoms with Crippen LogP contribution in [0.3, 0.4) is 0 Å². The van der Waals surface area contributed by atoms with E-state index < -0.39 is 12.5 Å². The van der Waals surface area contributed by atoms with Crippen molar-refractivity contribution in [3.8, 4) is 0 Å². The normalized spacial score (nSPS) is 21.7. The van der Waals surface area contributed by atoms with Gasteiger partial charge >= 0.3 is 0 Å². The molecule has 0 aromatic carbocycles. The quantitative estimate of drug-likeness (QED) is 0.495. The standard InChI is InChI=1S/C18H30F2N2OS/c1-18(19,20)14-23-17(21-2)24-16-9-12-22(13-10-16)11-8-15-6-4-3-5-7-15/h9,15H,3-8,10-14H2,1-2H3. The number of halogens is 2. The summed E-state index contributed by atoms with van der Waals surface area (Å²) in [4.78, 5) is 7.63. The molecule has 0 bridgehead atoms. The monoisotopic (exact) mass is 360 g/mol. The molecule has 1 aliphatic carbocycles. The molecule has 138 valence electrons. The minimum Gasteiger partial charge on any atom is -0.466 e. The van der Waals surface area contributed by atoms with Gasteiger partial charge < -0.3 is 4.74 Å². The average Bonchev–Trinajstić information content (AvgIpc) is 2.58. The summed E-state index contributed by atoms with van der Waals surface area (Å²) in [6.45, 7) is 3.39. The summed E-state index contributed by atoms with van der Waals surface area (Å²) in [5.41, 5.74) is 0. The maximum atomic E-state index is 12.9. The van der Waals surface area contributed by atoms with Gasteiger partial charge in [0.25, 0.3) is 5.92 Å². The lowest BCUT2D eigenvalue weighted by Gasteiger charge is -2.29. The number of hydrogen-bond donors (Lipinski definition) is 0. The van der Waals surface area contributed by atoms with Crippen molar-refractivity contribution in [3.05, 3.63) is 11.0 Å². The van der Waals surface area contributed by atoms with Crippen LogP contribution in [0.2, 0.25) is 0 Å². The molecule has 0 saturated heterocycles. The Morgan fingerprint density at radius 1 is 1.38 bits per heavy atom. The first-order chi connectivity index (χ1) is 11.5. The molecule has 0 radical (unpaired) electrons. The van der Waals surface area contributed by atoms with Gasteiger partial charge in [-0.15, -0.1) is 0 Å². The van der Waals surface area contributed by atoms with Crippen molar-refractivity contribution in [2.45, 2.75) is 57.8 Å². The summed E-state index contributed by atoms with van der Waals surface area (Å²) in [7, 11) is 1.58. The van der Waals surface area contributed by atoms with Crippen molar-refractivity contribution < 1.29 is 13.5 Å². The highest BCUT2D eigenvalue weighted by Gasteiger charge is 2.24. The second-order valence-corrected chi connectivity index (χ2v) is 8.04. The lowest BCUT2D eigenvalue weighted by atomic mass is 9.87. The molecule has 2 aliphatic rings. The number of nitrogens with zero attached hydrogens (tertiary/aromatic N) is 2. The average molecular weight is 361 g/mol. The van der Waals surface area contributed by atoms with Crippen molar-refractivity contribution >= 4 is 17.0 Å². The van der Waals surface area contributed by atoms with E-state index in [4.69, 9.17) is 4.74 Å². The fourth-order valence-corrected chi connectivity index (χ4v) is 4.05. The number of thioether (sulfide) groups is 1. The zero-order chi connectivity index (χ0) is 17.4. The highest BCUT2D eigenvalue weighted by atomic mass is 32.2. The van der Waals surface area contributed by atoms with E-state index in [2.05, 4.69) is 16.0 Å². The molecule has 1 saturated carbocycles. The predicted molar refractivity (Wildman–Crippen MR) is 97.9 cm³/mol. The van der Waals surface area contributed by atoms with Crippen molar-refractivity contribution in [2.24, 2.45) is 10.9 Å². The van der Waals surface area contributed by atoms with Gasteiger partial charge in [0.15, 0.2) is 6.61 Å². The number of hydrogen-bond acceptors (Lipinski definition) is 4. The van der Waals surface area contributed by atoms with Gasteiger partial charge in [0.1, 0.15) is 0 Å². The molecular formula is C18H30F2N2OS. The summed E-state index contributed by atoms with van der Waals surface area (Å²) in [5.74, 6) is -1.91. The largest absolute Gasteiger partial charge is 0.466 e. The Balaban J connectivity index is 1.69. The number of alkyl halides is 2. The van der Waals surface area contributed by atoms with Crippen LogP contribution in [0.4, 0.5) is 8.78 Å². The smallest absolute Gasteiger partial charge is 0.278 e. The van der Waals surface area contributed by atoms with E-state index in [9.17, 15) is 8.78 Å². The van der Waals surface area contributed by atoms with Crippen LogP contribution in [-0.4, -0.2) is 49.3 Å². The van der Waals surface area contributed by atoms with Crippen LogP contribution in [0.1, 0.15) is 51.9 Å². The zero-order valence-corrected chi connectivity index (χ0v) is 15.7. The first-order valence-corrected chi connectivity index (χ1v) is 9.84. The number of aliphatic imine (C=N–C) groups is 1. The van der Waals surface area contributed by atoms with Crippen LogP contribution < -0.4 is 0 Å². The maximum absolute atomic E-state index is 12.9. The molecule has 6 heteroatoms. The summed E-state index contributed by atoms with van der Waals surface area (Å²) in [5, 5.41) is 0.332. The third kappa shape index (κ3) is 7.51. The molecule has 1 aliphatic heterocycles. The summed E-state index contributed by atoms with van der Waals surface area (Å²) in [6, 6.07) is 0.